The van der Waals surface area contributed by atoms with Crippen molar-refractivity contribution in [3.63, 3.8) is 0 Å². The maximum Gasteiger partial charge on any atom is 0.239 e. The second kappa shape index (κ2) is 5.04. The fourth-order valence-electron chi connectivity index (χ4n) is 5.31. The quantitative estimate of drug-likeness (QED) is 0.822. The molecule has 24 heavy (non-hydrogen) atoms. The minimum absolute atomic E-state index is 0.0138. The summed E-state index contributed by atoms with van der Waals surface area (Å²) in [6.45, 7) is 0.484. The van der Waals surface area contributed by atoms with E-state index in [-0.39, 0.29) is 54.4 Å². The van der Waals surface area contributed by atoms with E-state index in [1.165, 1.54) is 0 Å². The molecule has 1 aromatic rings. The van der Waals surface area contributed by atoms with E-state index in [1.807, 2.05) is 30.3 Å². The minimum atomic E-state index is -0.515. The monoisotopic (exact) mass is 328 g/mol. The summed E-state index contributed by atoms with van der Waals surface area (Å²) in [6, 6.07) is 9.69. The van der Waals surface area contributed by atoms with E-state index in [0.29, 0.717) is 6.54 Å². The predicted molar refractivity (Wildman–Crippen MR) is 83.2 cm³/mol. The molecular formula is C18H20N2O4. The highest BCUT2D eigenvalue weighted by molar-refractivity contribution is 5.88. The molecule has 2 saturated carbocycles. The third-order valence-corrected chi connectivity index (χ3v) is 6.26. The molecule has 4 aliphatic rings. The fourth-order valence-corrected chi connectivity index (χ4v) is 5.31. The summed E-state index contributed by atoms with van der Waals surface area (Å²) >= 11 is 0. The Morgan fingerprint density at radius 2 is 2.08 bits per heavy atom. The summed E-state index contributed by atoms with van der Waals surface area (Å²) in [5, 5.41) is 13.1. The lowest BCUT2D eigenvalue weighted by Crippen LogP contribution is -2.47. The number of hydrogen-bond donors (Lipinski definition) is 2. The van der Waals surface area contributed by atoms with Gasteiger partial charge < -0.3 is 20.1 Å². The molecule has 7 atom stereocenters. The summed E-state index contributed by atoms with van der Waals surface area (Å²) in [7, 11) is 0. The number of fused-ring (bicyclic) bond motifs is 2. The summed E-state index contributed by atoms with van der Waals surface area (Å²) in [5.41, 5.74) is 1.03. The van der Waals surface area contributed by atoms with Crippen molar-refractivity contribution in [2.24, 2.45) is 23.7 Å². The first kappa shape index (κ1) is 14.4. The summed E-state index contributed by atoms with van der Waals surface area (Å²) < 4.78 is 5.96. The van der Waals surface area contributed by atoms with Gasteiger partial charge in [0.25, 0.3) is 0 Å². The van der Waals surface area contributed by atoms with E-state index in [4.69, 9.17) is 4.74 Å². The molecule has 126 valence electrons. The smallest absolute Gasteiger partial charge is 0.239 e. The third kappa shape index (κ3) is 1.84. The number of benzene rings is 1. The zero-order valence-corrected chi connectivity index (χ0v) is 13.2. The molecule has 2 amide bonds. The van der Waals surface area contributed by atoms with Crippen LogP contribution < -0.4 is 5.32 Å². The van der Waals surface area contributed by atoms with Gasteiger partial charge in [0.1, 0.15) is 12.8 Å². The van der Waals surface area contributed by atoms with Gasteiger partial charge in [0.05, 0.1) is 18.1 Å². The van der Waals surface area contributed by atoms with Crippen LogP contribution in [-0.4, -0.2) is 46.8 Å². The summed E-state index contributed by atoms with van der Waals surface area (Å²) in [6.07, 6.45) is -0.108. The van der Waals surface area contributed by atoms with Crippen molar-refractivity contribution >= 4 is 11.8 Å². The van der Waals surface area contributed by atoms with Crippen LogP contribution in [0.15, 0.2) is 30.3 Å². The molecule has 4 fully saturated rings. The standard InChI is InChI=1S/C18H20N2O4/c21-12(19-7-9-4-2-1-3-5-9)8-20-17(23)13-10-6-11-14(13)18(20)24-16(11)15(10)22/h1-5,10-11,13-16,18,22H,6-8H2,(H,19,21). The van der Waals surface area contributed by atoms with E-state index >= 15 is 0 Å². The highest BCUT2D eigenvalue weighted by Gasteiger charge is 2.72. The molecule has 0 spiro atoms. The number of rotatable bonds is 4. The van der Waals surface area contributed by atoms with E-state index in [2.05, 4.69) is 5.32 Å². The number of nitrogens with one attached hydrogen (secondary N) is 1. The Morgan fingerprint density at radius 3 is 2.88 bits per heavy atom. The lowest BCUT2D eigenvalue weighted by atomic mass is 9.80. The molecule has 0 aromatic heterocycles. The number of carbonyl (C=O) groups excluding carboxylic acids is 2. The summed E-state index contributed by atoms with van der Waals surface area (Å²) in [4.78, 5) is 26.6. The van der Waals surface area contributed by atoms with Gasteiger partial charge in [-0.2, -0.15) is 0 Å². The molecule has 2 bridgehead atoms. The van der Waals surface area contributed by atoms with E-state index in [1.54, 1.807) is 4.90 Å². The van der Waals surface area contributed by atoms with Gasteiger partial charge in [-0.1, -0.05) is 30.3 Å². The number of carbonyl (C=O) groups is 2. The van der Waals surface area contributed by atoms with Gasteiger partial charge in [0.15, 0.2) is 0 Å². The van der Waals surface area contributed by atoms with Crippen molar-refractivity contribution in [2.75, 3.05) is 6.54 Å². The van der Waals surface area contributed by atoms with Crippen LogP contribution in [-0.2, 0) is 20.9 Å². The molecule has 6 heteroatoms. The van der Waals surface area contributed by atoms with Crippen molar-refractivity contribution < 1.29 is 19.4 Å². The average molecular weight is 328 g/mol. The topological polar surface area (TPSA) is 78.9 Å². The van der Waals surface area contributed by atoms with Gasteiger partial charge in [-0.25, -0.2) is 0 Å². The van der Waals surface area contributed by atoms with E-state index in [0.717, 1.165) is 12.0 Å². The Kier molecular flexibility index (Phi) is 3.03. The highest BCUT2D eigenvalue weighted by atomic mass is 16.5. The first-order valence-corrected chi connectivity index (χ1v) is 8.60. The molecule has 0 radical (unpaired) electrons. The van der Waals surface area contributed by atoms with Gasteiger partial charge in [0, 0.05) is 12.5 Å². The Balaban J connectivity index is 1.26. The number of amides is 2. The van der Waals surface area contributed by atoms with Crippen LogP contribution in [0.1, 0.15) is 12.0 Å². The molecule has 2 heterocycles. The molecule has 6 nitrogen and oxygen atoms in total. The lowest BCUT2D eigenvalue weighted by Gasteiger charge is -2.30. The minimum Gasteiger partial charge on any atom is -0.390 e. The third-order valence-electron chi connectivity index (χ3n) is 6.26. The van der Waals surface area contributed by atoms with Gasteiger partial charge in [-0.05, 0) is 23.8 Å². The second-order valence-electron chi connectivity index (χ2n) is 7.38. The number of hydrogen-bond acceptors (Lipinski definition) is 4. The fraction of sp³-hybridized carbons (Fsp3) is 0.556. The molecule has 2 aliphatic carbocycles. The van der Waals surface area contributed by atoms with Crippen LogP contribution in [0.3, 0.4) is 0 Å². The predicted octanol–water partition coefficient (Wildman–Crippen LogP) is 0.113. The SMILES string of the molecule is O=C(CN1C(=O)C2C3CC4C(OC1C42)C3O)NCc1ccccc1. The Labute approximate surface area is 139 Å². The van der Waals surface area contributed by atoms with Crippen molar-refractivity contribution in [3.8, 4) is 0 Å². The first-order chi connectivity index (χ1) is 11.6. The van der Waals surface area contributed by atoms with Gasteiger partial charge in [0.2, 0.25) is 11.8 Å². The number of nitrogens with zero attached hydrogens (tertiary/aromatic N) is 1. The van der Waals surface area contributed by atoms with Gasteiger partial charge in [-0.15, -0.1) is 0 Å². The van der Waals surface area contributed by atoms with Crippen molar-refractivity contribution in [2.45, 2.75) is 31.4 Å². The molecule has 1 aromatic carbocycles. The largest absolute Gasteiger partial charge is 0.390 e. The molecule has 2 aliphatic heterocycles. The normalized spacial score (nSPS) is 41.3. The van der Waals surface area contributed by atoms with Crippen molar-refractivity contribution in [1.82, 2.24) is 10.2 Å². The maximum atomic E-state index is 12.7. The maximum absolute atomic E-state index is 12.7. The lowest BCUT2D eigenvalue weighted by molar-refractivity contribution is -0.154. The van der Waals surface area contributed by atoms with Crippen LogP contribution in [0, 0.1) is 23.7 Å². The van der Waals surface area contributed by atoms with Crippen LogP contribution in [0.25, 0.3) is 0 Å². The van der Waals surface area contributed by atoms with Crippen LogP contribution in [0.5, 0.6) is 0 Å². The molecule has 2 N–H and O–H groups in total. The van der Waals surface area contributed by atoms with Crippen LogP contribution >= 0.6 is 0 Å². The van der Waals surface area contributed by atoms with Crippen molar-refractivity contribution in [3.05, 3.63) is 35.9 Å². The Bertz CT molecular complexity index is 694. The summed E-state index contributed by atoms with van der Waals surface area (Å²) in [5.74, 6) is 0.104. The van der Waals surface area contributed by atoms with Gasteiger partial charge in [-0.3, -0.25) is 9.59 Å². The molecular weight excluding hydrogens is 308 g/mol. The van der Waals surface area contributed by atoms with Crippen LogP contribution in [0.4, 0.5) is 0 Å². The zero-order valence-electron chi connectivity index (χ0n) is 13.2. The second-order valence-corrected chi connectivity index (χ2v) is 7.38. The average Bonchev–Trinajstić information content (AvgIpc) is 3.27. The number of ether oxygens (including phenoxy) is 1. The molecule has 5 rings (SSSR count). The first-order valence-electron chi connectivity index (χ1n) is 8.60. The zero-order chi connectivity index (χ0) is 16.4. The Morgan fingerprint density at radius 1 is 1.29 bits per heavy atom. The highest BCUT2D eigenvalue weighted by Crippen LogP contribution is 2.63. The number of likely N-dealkylation sites (tertiary alicyclic amines) is 1. The molecule has 2 saturated heterocycles. The Hall–Kier alpha value is -1.92. The van der Waals surface area contributed by atoms with Gasteiger partial charge >= 0.3 is 0 Å². The van der Waals surface area contributed by atoms with E-state index < -0.39 is 6.10 Å². The van der Waals surface area contributed by atoms with Crippen molar-refractivity contribution in [1.29, 1.82) is 0 Å². The number of aliphatic hydroxyl groups is 1. The van der Waals surface area contributed by atoms with Crippen LogP contribution in [0.2, 0.25) is 0 Å². The molecule has 7 unspecified atom stereocenters. The number of aliphatic hydroxyl groups excluding tert-OH is 1. The van der Waals surface area contributed by atoms with E-state index in [9.17, 15) is 14.7 Å².